The van der Waals surface area contributed by atoms with Crippen molar-refractivity contribution in [2.75, 3.05) is 16.0 Å². The third-order valence-corrected chi connectivity index (χ3v) is 2.75. The van der Waals surface area contributed by atoms with Gasteiger partial charge in [-0.3, -0.25) is 10.2 Å². The Morgan fingerprint density at radius 1 is 1.28 bits per heavy atom. The highest BCUT2D eigenvalue weighted by atomic mass is 16.2. The third-order valence-electron chi connectivity index (χ3n) is 2.75. The van der Waals surface area contributed by atoms with E-state index in [1.165, 1.54) is 0 Å². The number of hydrogen-bond donors (Lipinski definition) is 2. The van der Waals surface area contributed by atoms with Crippen LogP contribution >= 0.6 is 0 Å². The first-order chi connectivity index (χ1) is 8.74. The summed E-state index contributed by atoms with van der Waals surface area (Å²) < 4.78 is 0. The minimum atomic E-state index is -0.216. The molecule has 2 amide bonds. The molecule has 0 saturated carbocycles. The molecule has 0 fully saturated rings. The number of fused-ring (bicyclic) bond motifs is 1. The van der Waals surface area contributed by atoms with Crippen molar-refractivity contribution < 1.29 is 4.79 Å². The molecule has 2 aromatic rings. The van der Waals surface area contributed by atoms with Gasteiger partial charge in [-0.2, -0.15) is 4.98 Å². The largest absolute Gasteiger partial charge is 0.368 e. The number of nitrogen functional groups attached to an aromatic ring is 1. The lowest BCUT2D eigenvalue weighted by Crippen LogP contribution is -2.39. The monoisotopic (exact) mass is 241 g/mol. The first kappa shape index (κ1) is 10.5. The van der Waals surface area contributed by atoms with Crippen LogP contribution in [-0.4, -0.2) is 16.0 Å². The van der Waals surface area contributed by atoms with Crippen LogP contribution in [0.1, 0.15) is 5.56 Å². The van der Waals surface area contributed by atoms with Gasteiger partial charge < -0.3 is 5.73 Å². The number of urea groups is 1. The average Bonchev–Trinajstić information content (AvgIpc) is 2.39. The summed E-state index contributed by atoms with van der Waals surface area (Å²) >= 11 is 0. The highest BCUT2D eigenvalue weighted by Gasteiger charge is 2.24. The molecule has 18 heavy (non-hydrogen) atoms. The fourth-order valence-electron chi connectivity index (χ4n) is 1.87. The number of amides is 2. The quantitative estimate of drug-likeness (QED) is 0.794. The number of nitrogens with two attached hydrogens (primary N) is 1. The van der Waals surface area contributed by atoms with E-state index in [9.17, 15) is 4.79 Å². The van der Waals surface area contributed by atoms with Crippen molar-refractivity contribution in [3.8, 4) is 0 Å². The number of nitrogens with zero attached hydrogens (tertiary/aromatic N) is 3. The highest BCUT2D eigenvalue weighted by molar-refractivity contribution is 6.03. The van der Waals surface area contributed by atoms with E-state index >= 15 is 0 Å². The van der Waals surface area contributed by atoms with E-state index in [4.69, 9.17) is 5.73 Å². The molecular weight excluding hydrogens is 230 g/mol. The number of para-hydroxylation sites is 1. The number of aromatic nitrogens is 2. The van der Waals surface area contributed by atoms with Gasteiger partial charge in [-0.05, 0) is 12.1 Å². The number of carbonyl (C=O) groups excluding carboxylic acids is 1. The van der Waals surface area contributed by atoms with Crippen molar-refractivity contribution in [1.29, 1.82) is 0 Å². The van der Waals surface area contributed by atoms with Crippen LogP contribution in [0.3, 0.4) is 0 Å². The maximum absolute atomic E-state index is 12.0. The summed E-state index contributed by atoms with van der Waals surface area (Å²) in [4.78, 5) is 21.5. The number of benzene rings is 1. The maximum atomic E-state index is 12.0. The summed E-state index contributed by atoms with van der Waals surface area (Å²) in [7, 11) is 0. The Balaban J connectivity index is 1.97. The molecule has 1 aromatic carbocycles. The normalized spacial score (nSPS) is 14.0. The predicted molar refractivity (Wildman–Crippen MR) is 68.1 cm³/mol. The summed E-state index contributed by atoms with van der Waals surface area (Å²) in [6.07, 6.45) is 1.63. The van der Waals surface area contributed by atoms with Gasteiger partial charge in [-0.25, -0.2) is 9.78 Å². The second-order valence-corrected chi connectivity index (χ2v) is 3.95. The molecule has 2 heterocycles. The Labute approximate surface area is 103 Å². The SMILES string of the molecule is Nc1ncc2c(n1)NC(=O)N(c1ccccc1)C2. The molecule has 1 aliphatic rings. The molecule has 1 aliphatic heterocycles. The molecule has 0 atom stereocenters. The van der Waals surface area contributed by atoms with E-state index in [1.807, 2.05) is 30.3 Å². The average molecular weight is 241 g/mol. The molecule has 0 spiro atoms. The van der Waals surface area contributed by atoms with Gasteiger partial charge in [0.15, 0.2) is 0 Å². The first-order valence-corrected chi connectivity index (χ1v) is 5.49. The van der Waals surface area contributed by atoms with Crippen molar-refractivity contribution in [3.05, 3.63) is 42.1 Å². The van der Waals surface area contributed by atoms with Gasteiger partial charge >= 0.3 is 6.03 Å². The van der Waals surface area contributed by atoms with Crippen molar-refractivity contribution in [2.45, 2.75) is 6.54 Å². The molecule has 3 N–H and O–H groups in total. The molecule has 90 valence electrons. The number of rotatable bonds is 1. The van der Waals surface area contributed by atoms with Crippen LogP contribution in [0.2, 0.25) is 0 Å². The molecule has 1 aromatic heterocycles. The standard InChI is InChI=1S/C12H11N5O/c13-11-14-6-8-7-17(9-4-2-1-3-5-9)12(18)16-10(8)15-11/h1-6H,7H2,(H3,13,14,15,16,18). The van der Waals surface area contributed by atoms with E-state index in [0.717, 1.165) is 11.3 Å². The summed E-state index contributed by atoms with van der Waals surface area (Å²) in [5.41, 5.74) is 7.16. The summed E-state index contributed by atoms with van der Waals surface area (Å²) in [5.74, 6) is 0.641. The fourth-order valence-corrected chi connectivity index (χ4v) is 1.87. The molecule has 0 saturated heterocycles. The van der Waals surface area contributed by atoms with Crippen LogP contribution in [-0.2, 0) is 6.54 Å². The van der Waals surface area contributed by atoms with E-state index in [1.54, 1.807) is 11.1 Å². The minimum absolute atomic E-state index is 0.155. The Morgan fingerprint density at radius 2 is 2.06 bits per heavy atom. The zero-order chi connectivity index (χ0) is 12.5. The number of carbonyl (C=O) groups is 1. The molecular formula is C12H11N5O. The van der Waals surface area contributed by atoms with Crippen LogP contribution in [0.25, 0.3) is 0 Å². The predicted octanol–water partition coefficient (Wildman–Crippen LogP) is 1.61. The van der Waals surface area contributed by atoms with Crippen LogP contribution in [0.5, 0.6) is 0 Å². The molecule has 6 nitrogen and oxygen atoms in total. The van der Waals surface area contributed by atoms with Crippen LogP contribution in [0.15, 0.2) is 36.5 Å². The molecule has 0 aliphatic carbocycles. The Morgan fingerprint density at radius 3 is 2.83 bits per heavy atom. The second-order valence-electron chi connectivity index (χ2n) is 3.95. The first-order valence-electron chi connectivity index (χ1n) is 5.49. The van der Waals surface area contributed by atoms with Gasteiger partial charge in [-0.15, -0.1) is 0 Å². The van der Waals surface area contributed by atoms with E-state index in [2.05, 4.69) is 15.3 Å². The third kappa shape index (κ3) is 1.73. The smallest absolute Gasteiger partial charge is 0.327 e. The second kappa shape index (κ2) is 3.99. The minimum Gasteiger partial charge on any atom is -0.368 e. The number of anilines is 3. The Bertz CT molecular complexity index is 599. The van der Waals surface area contributed by atoms with Crippen LogP contribution in [0, 0.1) is 0 Å². The topological polar surface area (TPSA) is 84.1 Å². The number of hydrogen-bond acceptors (Lipinski definition) is 4. The summed E-state index contributed by atoms with van der Waals surface area (Å²) in [6, 6.07) is 9.22. The molecule has 6 heteroatoms. The molecule has 0 unspecified atom stereocenters. The van der Waals surface area contributed by atoms with E-state index < -0.39 is 0 Å². The highest BCUT2D eigenvalue weighted by Crippen LogP contribution is 2.25. The Hall–Kier alpha value is -2.63. The van der Waals surface area contributed by atoms with Gasteiger partial charge in [0.05, 0.1) is 6.54 Å². The van der Waals surface area contributed by atoms with Gasteiger partial charge in [0.25, 0.3) is 0 Å². The maximum Gasteiger partial charge on any atom is 0.327 e. The lowest BCUT2D eigenvalue weighted by atomic mass is 10.2. The van der Waals surface area contributed by atoms with Crippen molar-refractivity contribution in [2.24, 2.45) is 0 Å². The van der Waals surface area contributed by atoms with Crippen molar-refractivity contribution in [1.82, 2.24) is 9.97 Å². The fraction of sp³-hybridized carbons (Fsp3) is 0.0833. The van der Waals surface area contributed by atoms with E-state index in [-0.39, 0.29) is 12.0 Å². The van der Waals surface area contributed by atoms with Gasteiger partial charge in [-0.1, -0.05) is 18.2 Å². The summed E-state index contributed by atoms with van der Waals surface area (Å²) in [5, 5.41) is 2.71. The van der Waals surface area contributed by atoms with Gasteiger partial charge in [0.1, 0.15) is 5.82 Å². The zero-order valence-electron chi connectivity index (χ0n) is 9.50. The lowest BCUT2D eigenvalue weighted by molar-refractivity contribution is 0.256. The Kier molecular flexibility index (Phi) is 2.33. The van der Waals surface area contributed by atoms with Gasteiger partial charge in [0, 0.05) is 17.4 Å². The lowest BCUT2D eigenvalue weighted by Gasteiger charge is -2.28. The van der Waals surface area contributed by atoms with Crippen molar-refractivity contribution in [3.63, 3.8) is 0 Å². The van der Waals surface area contributed by atoms with Crippen molar-refractivity contribution >= 4 is 23.5 Å². The van der Waals surface area contributed by atoms with Crippen LogP contribution in [0.4, 0.5) is 22.2 Å². The molecule has 3 rings (SSSR count). The van der Waals surface area contributed by atoms with Gasteiger partial charge in [0.2, 0.25) is 5.95 Å². The molecule has 0 radical (unpaired) electrons. The molecule has 0 bridgehead atoms. The van der Waals surface area contributed by atoms with Crippen LogP contribution < -0.4 is 16.0 Å². The zero-order valence-corrected chi connectivity index (χ0v) is 9.50. The van der Waals surface area contributed by atoms with E-state index in [0.29, 0.717) is 12.4 Å². The summed E-state index contributed by atoms with van der Waals surface area (Å²) in [6.45, 7) is 0.436. The number of nitrogens with one attached hydrogen (secondary N) is 1.